The van der Waals surface area contributed by atoms with E-state index in [2.05, 4.69) is 47.1 Å². The molecule has 4 amide bonds. The minimum absolute atomic E-state index is 0.0335. The molecule has 0 aliphatic carbocycles. The minimum Gasteiger partial charge on any atom is -0.507 e. The first-order valence-corrected chi connectivity index (χ1v) is 17.6. The quantitative estimate of drug-likeness (QED) is 0.136. The highest BCUT2D eigenvalue weighted by molar-refractivity contribution is 5.96. The number of unbranched alkanes of at least 4 members (excludes halogenated alkanes) is 1. The van der Waals surface area contributed by atoms with Gasteiger partial charge in [-0.25, -0.2) is 4.79 Å². The number of nitrogens with one attached hydrogen (secondary N) is 3. The fourth-order valence-electron chi connectivity index (χ4n) is 6.27. The molecule has 6 N–H and O–H groups in total. The highest BCUT2D eigenvalue weighted by Gasteiger charge is 2.33. The summed E-state index contributed by atoms with van der Waals surface area (Å²) in [5, 5.41) is 39.1. The number of carbonyl (C=O) groups is 5. The molecule has 0 aromatic heterocycles. The van der Waals surface area contributed by atoms with E-state index in [1.807, 2.05) is 12.1 Å². The highest BCUT2D eigenvalue weighted by Crippen LogP contribution is 2.38. The van der Waals surface area contributed by atoms with Gasteiger partial charge in [-0.2, -0.15) is 0 Å². The summed E-state index contributed by atoms with van der Waals surface area (Å²) in [6.07, 6.45) is 3.01. The van der Waals surface area contributed by atoms with Crippen LogP contribution in [-0.4, -0.2) is 75.5 Å². The Bertz CT molecular complexity index is 1990. The summed E-state index contributed by atoms with van der Waals surface area (Å²) in [5.41, 5.74) is 4.73. The van der Waals surface area contributed by atoms with Gasteiger partial charge in [-0.1, -0.05) is 61.9 Å². The molecule has 1 aliphatic heterocycles. The van der Waals surface area contributed by atoms with Gasteiger partial charge in [0.1, 0.15) is 29.6 Å². The first kappa shape index (κ1) is 38.1. The fourth-order valence-corrected chi connectivity index (χ4v) is 6.27. The molecular formula is C41H44N4O8. The van der Waals surface area contributed by atoms with Crippen molar-refractivity contribution in [3.63, 3.8) is 0 Å². The second-order valence-corrected chi connectivity index (χ2v) is 13.3. The summed E-state index contributed by atoms with van der Waals surface area (Å²) >= 11 is 0. The SMILES string of the molecule is CCCCc1ccc(-c2ccc(C(=O)NCCC(=O)N(C)C3C(=O)NC(C)C(=O)NC(C(=O)O)Cc4ccc(O)c(c4)-c4cc3ccc4O)cc2)cc1. The van der Waals surface area contributed by atoms with Crippen molar-refractivity contribution in [2.24, 2.45) is 0 Å². The van der Waals surface area contributed by atoms with Crippen LogP contribution in [0.25, 0.3) is 22.3 Å². The van der Waals surface area contributed by atoms with Crippen molar-refractivity contribution >= 4 is 29.6 Å². The Morgan fingerprint density at radius 3 is 2.09 bits per heavy atom. The van der Waals surface area contributed by atoms with Gasteiger partial charge in [0.2, 0.25) is 17.7 Å². The second-order valence-electron chi connectivity index (χ2n) is 13.3. The van der Waals surface area contributed by atoms with E-state index in [0.717, 1.165) is 30.4 Å². The van der Waals surface area contributed by atoms with Crippen molar-refractivity contribution in [1.29, 1.82) is 0 Å². The predicted molar refractivity (Wildman–Crippen MR) is 199 cm³/mol. The second kappa shape index (κ2) is 16.9. The van der Waals surface area contributed by atoms with Crippen LogP contribution in [0.2, 0.25) is 0 Å². The monoisotopic (exact) mass is 720 g/mol. The van der Waals surface area contributed by atoms with Crippen LogP contribution < -0.4 is 16.0 Å². The van der Waals surface area contributed by atoms with E-state index in [9.17, 15) is 39.3 Å². The molecule has 276 valence electrons. The first-order chi connectivity index (χ1) is 25.4. The van der Waals surface area contributed by atoms with E-state index >= 15 is 0 Å². The lowest BCUT2D eigenvalue weighted by Gasteiger charge is -2.30. The third-order valence-corrected chi connectivity index (χ3v) is 9.40. The highest BCUT2D eigenvalue weighted by atomic mass is 16.4. The normalized spacial score (nSPS) is 17.2. The number of aromatic hydroxyl groups is 2. The molecule has 4 bridgehead atoms. The number of phenolic OH excluding ortho intramolecular Hbond substituents is 2. The molecule has 3 unspecified atom stereocenters. The van der Waals surface area contributed by atoms with Gasteiger partial charge in [-0.05, 0) is 84.0 Å². The molecule has 1 heterocycles. The Morgan fingerprint density at radius 2 is 1.45 bits per heavy atom. The van der Waals surface area contributed by atoms with Crippen LogP contribution in [0, 0.1) is 0 Å². The number of likely N-dealkylation sites (N-methyl/N-ethyl adjacent to an activating group) is 1. The number of benzene rings is 4. The zero-order valence-corrected chi connectivity index (χ0v) is 29.9. The molecule has 1 aliphatic rings. The van der Waals surface area contributed by atoms with Crippen LogP contribution >= 0.6 is 0 Å². The van der Waals surface area contributed by atoms with Crippen molar-refractivity contribution < 1.29 is 39.3 Å². The van der Waals surface area contributed by atoms with Crippen LogP contribution in [-0.2, 0) is 32.0 Å². The molecule has 0 fully saturated rings. The molecule has 4 aromatic rings. The van der Waals surface area contributed by atoms with Crippen LogP contribution in [0.5, 0.6) is 11.5 Å². The Hall–Kier alpha value is -6.17. The van der Waals surface area contributed by atoms with Gasteiger partial charge in [-0.15, -0.1) is 0 Å². The summed E-state index contributed by atoms with van der Waals surface area (Å²) < 4.78 is 0. The Labute approximate surface area is 307 Å². The summed E-state index contributed by atoms with van der Waals surface area (Å²) in [4.78, 5) is 66.6. The summed E-state index contributed by atoms with van der Waals surface area (Å²) in [6.45, 7) is 3.52. The maximum absolute atomic E-state index is 13.8. The van der Waals surface area contributed by atoms with Gasteiger partial charge in [-0.3, -0.25) is 19.2 Å². The Morgan fingerprint density at radius 1 is 0.830 bits per heavy atom. The molecule has 3 atom stereocenters. The van der Waals surface area contributed by atoms with E-state index in [1.54, 1.807) is 12.1 Å². The third kappa shape index (κ3) is 9.20. The number of hydrogen-bond donors (Lipinski definition) is 6. The molecule has 4 aromatic carbocycles. The fraction of sp³-hybridized carbons (Fsp3) is 0.293. The number of rotatable bonds is 10. The standard InChI is InChI=1S/C41H44N4O8/c1-4-5-6-25-7-10-27(11-8-25)28-12-14-29(15-13-28)39(50)42-20-19-36(48)45(3)37-30-16-18-35(47)32(23-30)31-21-26(9-17-34(31)46)22-33(41(52)53)44-38(49)24(2)43-40(37)51/h7-18,21,23-24,33,37,46-47H,4-6,19-20,22H2,1-3H3,(H,42,50)(H,43,51)(H,44,49)(H,52,53). The molecule has 0 saturated carbocycles. The van der Waals surface area contributed by atoms with Crippen LogP contribution in [0.3, 0.4) is 0 Å². The van der Waals surface area contributed by atoms with Crippen molar-refractivity contribution in [1.82, 2.24) is 20.9 Å². The van der Waals surface area contributed by atoms with Gasteiger partial charge < -0.3 is 36.2 Å². The predicted octanol–water partition coefficient (Wildman–Crippen LogP) is 4.72. The summed E-state index contributed by atoms with van der Waals surface area (Å²) in [5.74, 6) is -4.13. The molecule has 0 radical (unpaired) electrons. The molecule has 12 nitrogen and oxygen atoms in total. The van der Waals surface area contributed by atoms with Gasteiger partial charge in [0, 0.05) is 43.1 Å². The smallest absolute Gasteiger partial charge is 0.326 e. The lowest BCUT2D eigenvalue weighted by Crippen LogP contribution is -2.53. The lowest BCUT2D eigenvalue weighted by molar-refractivity contribution is -0.143. The number of aliphatic carboxylic acids is 1. The number of hydrogen-bond acceptors (Lipinski definition) is 7. The number of carboxylic acids is 1. The van der Waals surface area contributed by atoms with Gasteiger partial charge in [0.05, 0.1) is 0 Å². The largest absolute Gasteiger partial charge is 0.507 e. The van der Waals surface area contributed by atoms with E-state index in [0.29, 0.717) is 11.1 Å². The number of phenols is 2. The van der Waals surface area contributed by atoms with Gasteiger partial charge in [0.15, 0.2) is 0 Å². The maximum atomic E-state index is 13.8. The number of carboxylic acid groups (broad SMARTS) is 1. The van der Waals surface area contributed by atoms with Gasteiger partial charge >= 0.3 is 5.97 Å². The molecule has 12 heteroatoms. The van der Waals surface area contributed by atoms with Crippen LogP contribution in [0.15, 0.2) is 84.9 Å². The molecule has 0 saturated heterocycles. The minimum atomic E-state index is -1.36. The lowest BCUT2D eigenvalue weighted by atomic mass is 9.94. The number of carbonyl (C=O) groups excluding carboxylic acids is 4. The number of aryl methyl sites for hydroxylation is 1. The third-order valence-electron chi connectivity index (χ3n) is 9.40. The van der Waals surface area contributed by atoms with Crippen molar-refractivity contribution in [3.8, 4) is 33.8 Å². The zero-order valence-electron chi connectivity index (χ0n) is 29.9. The molecular weight excluding hydrogens is 676 g/mol. The molecule has 0 spiro atoms. The number of nitrogens with zero attached hydrogens (tertiary/aromatic N) is 1. The summed E-state index contributed by atoms with van der Waals surface area (Å²) in [7, 11) is 1.41. The van der Waals surface area contributed by atoms with Crippen molar-refractivity contribution in [2.45, 2.75) is 64.1 Å². The van der Waals surface area contributed by atoms with E-state index in [1.165, 1.54) is 60.8 Å². The van der Waals surface area contributed by atoms with E-state index in [-0.39, 0.29) is 53.5 Å². The van der Waals surface area contributed by atoms with E-state index in [4.69, 9.17) is 0 Å². The van der Waals surface area contributed by atoms with E-state index < -0.39 is 41.8 Å². The Balaban J connectivity index is 1.32. The topological polar surface area (TPSA) is 185 Å². The van der Waals surface area contributed by atoms with Crippen molar-refractivity contribution in [2.75, 3.05) is 13.6 Å². The van der Waals surface area contributed by atoms with Gasteiger partial charge in [0.25, 0.3) is 5.91 Å². The van der Waals surface area contributed by atoms with Crippen LogP contribution in [0.4, 0.5) is 0 Å². The maximum Gasteiger partial charge on any atom is 0.326 e. The van der Waals surface area contributed by atoms with Crippen molar-refractivity contribution in [3.05, 3.63) is 107 Å². The molecule has 5 rings (SSSR count). The molecule has 53 heavy (non-hydrogen) atoms. The average molecular weight is 721 g/mol. The van der Waals surface area contributed by atoms with Crippen LogP contribution in [0.1, 0.15) is 66.2 Å². The zero-order chi connectivity index (χ0) is 38.2. The number of amides is 4. The summed E-state index contributed by atoms with van der Waals surface area (Å²) in [6, 6.07) is 20.3. The average Bonchev–Trinajstić information content (AvgIpc) is 3.14. The number of fused-ring (bicyclic) bond motifs is 5. The first-order valence-electron chi connectivity index (χ1n) is 17.6. The Kier molecular flexibility index (Phi) is 12.1.